The number of morpholine rings is 1. The molecule has 1 fully saturated rings. The summed E-state index contributed by atoms with van der Waals surface area (Å²) in [5, 5.41) is 0.766. The van der Waals surface area contributed by atoms with E-state index in [9.17, 15) is 0 Å². The lowest BCUT2D eigenvalue weighted by molar-refractivity contribution is -0.0564. The molecule has 20 heavy (non-hydrogen) atoms. The third kappa shape index (κ3) is 3.95. The van der Waals surface area contributed by atoms with Gasteiger partial charge in [-0.3, -0.25) is 4.90 Å². The van der Waals surface area contributed by atoms with Crippen molar-refractivity contribution in [2.24, 2.45) is 5.73 Å². The summed E-state index contributed by atoms with van der Waals surface area (Å²) >= 11 is 6.21. The first-order valence-electron chi connectivity index (χ1n) is 7.47. The van der Waals surface area contributed by atoms with Gasteiger partial charge in [0.05, 0.1) is 12.7 Å². The van der Waals surface area contributed by atoms with Gasteiger partial charge in [-0.15, -0.1) is 0 Å². The highest BCUT2D eigenvalue weighted by Crippen LogP contribution is 2.24. The Morgan fingerprint density at radius 1 is 1.45 bits per heavy atom. The molecule has 1 heterocycles. The molecule has 3 atom stereocenters. The highest BCUT2D eigenvalue weighted by Gasteiger charge is 2.25. The molecular formula is C16H25ClN2O. The predicted molar refractivity (Wildman–Crippen MR) is 84.1 cm³/mol. The number of rotatable bonds is 5. The zero-order chi connectivity index (χ0) is 14.5. The molecule has 1 aromatic rings. The predicted octanol–water partition coefficient (Wildman–Crippen LogP) is 3.23. The molecule has 0 radical (unpaired) electrons. The standard InChI is InChI=1S/C16H25ClN2O/c1-3-13-11-20-12(2)10-19(13)9-8-16(18)14-6-4-5-7-15(14)17/h4-7,12-13,16H,3,8-11,18H2,1-2H3. The van der Waals surface area contributed by atoms with E-state index >= 15 is 0 Å². The van der Waals surface area contributed by atoms with Crippen LogP contribution in [-0.2, 0) is 4.74 Å². The van der Waals surface area contributed by atoms with E-state index in [1.807, 2.05) is 24.3 Å². The fourth-order valence-electron chi connectivity index (χ4n) is 2.80. The summed E-state index contributed by atoms with van der Waals surface area (Å²) in [6.45, 7) is 7.17. The monoisotopic (exact) mass is 296 g/mol. The maximum Gasteiger partial charge on any atom is 0.0674 e. The van der Waals surface area contributed by atoms with E-state index < -0.39 is 0 Å². The fraction of sp³-hybridized carbons (Fsp3) is 0.625. The second kappa shape index (κ2) is 7.41. The molecule has 0 aromatic heterocycles. The van der Waals surface area contributed by atoms with E-state index in [1.54, 1.807) is 0 Å². The number of nitrogens with two attached hydrogens (primary N) is 1. The summed E-state index contributed by atoms with van der Waals surface area (Å²) in [4.78, 5) is 2.50. The van der Waals surface area contributed by atoms with Gasteiger partial charge in [-0.25, -0.2) is 0 Å². The van der Waals surface area contributed by atoms with Gasteiger partial charge in [-0.05, 0) is 31.4 Å². The molecular weight excluding hydrogens is 272 g/mol. The van der Waals surface area contributed by atoms with Gasteiger partial charge < -0.3 is 10.5 Å². The van der Waals surface area contributed by atoms with Crippen molar-refractivity contribution in [2.75, 3.05) is 19.7 Å². The molecule has 0 saturated carbocycles. The molecule has 4 heteroatoms. The third-order valence-corrected chi connectivity index (χ3v) is 4.43. The molecule has 3 unspecified atom stereocenters. The third-order valence-electron chi connectivity index (χ3n) is 4.08. The van der Waals surface area contributed by atoms with Crippen molar-refractivity contribution in [2.45, 2.75) is 44.9 Å². The summed E-state index contributed by atoms with van der Waals surface area (Å²) in [6.07, 6.45) is 2.36. The smallest absolute Gasteiger partial charge is 0.0674 e. The van der Waals surface area contributed by atoms with Gasteiger partial charge in [-0.1, -0.05) is 36.7 Å². The van der Waals surface area contributed by atoms with Crippen molar-refractivity contribution in [3.05, 3.63) is 34.9 Å². The normalized spacial score (nSPS) is 25.6. The summed E-state index contributed by atoms with van der Waals surface area (Å²) < 4.78 is 5.73. The van der Waals surface area contributed by atoms with Crippen LogP contribution in [0.1, 0.15) is 38.3 Å². The first-order valence-corrected chi connectivity index (χ1v) is 7.85. The van der Waals surface area contributed by atoms with E-state index in [4.69, 9.17) is 22.1 Å². The topological polar surface area (TPSA) is 38.5 Å². The quantitative estimate of drug-likeness (QED) is 0.906. The van der Waals surface area contributed by atoms with Crippen molar-refractivity contribution in [1.82, 2.24) is 4.90 Å². The summed E-state index contributed by atoms with van der Waals surface area (Å²) in [5.74, 6) is 0. The minimum absolute atomic E-state index is 0.000595. The summed E-state index contributed by atoms with van der Waals surface area (Å²) in [6, 6.07) is 8.38. The van der Waals surface area contributed by atoms with Gasteiger partial charge >= 0.3 is 0 Å². The lowest BCUT2D eigenvalue weighted by Gasteiger charge is -2.38. The van der Waals surface area contributed by atoms with Gasteiger partial charge in [0, 0.05) is 30.2 Å². The molecule has 1 saturated heterocycles. The van der Waals surface area contributed by atoms with Gasteiger partial charge in [0.15, 0.2) is 0 Å². The number of ether oxygens (including phenoxy) is 1. The summed E-state index contributed by atoms with van der Waals surface area (Å²) in [5.41, 5.74) is 7.34. The highest BCUT2D eigenvalue weighted by molar-refractivity contribution is 6.31. The second-order valence-corrected chi connectivity index (χ2v) is 6.02. The van der Waals surface area contributed by atoms with Crippen molar-refractivity contribution >= 4 is 11.6 Å². The molecule has 3 nitrogen and oxygen atoms in total. The largest absolute Gasteiger partial charge is 0.376 e. The van der Waals surface area contributed by atoms with Crippen LogP contribution in [0, 0.1) is 0 Å². The Labute approximate surface area is 127 Å². The van der Waals surface area contributed by atoms with Crippen LogP contribution in [0.3, 0.4) is 0 Å². The Hall–Kier alpha value is -0.610. The Morgan fingerprint density at radius 3 is 2.90 bits per heavy atom. The average Bonchev–Trinajstić information content (AvgIpc) is 2.45. The Bertz CT molecular complexity index is 427. The van der Waals surface area contributed by atoms with Crippen molar-refractivity contribution in [3.63, 3.8) is 0 Å². The molecule has 0 spiro atoms. The molecule has 1 aromatic carbocycles. The minimum Gasteiger partial charge on any atom is -0.376 e. The average molecular weight is 297 g/mol. The molecule has 0 aliphatic carbocycles. The van der Waals surface area contributed by atoms with Gasteiger partial charge in [0.1, 0.15) is 0 Å². The first kappa shape index (κ1) is 15.8. The minimum atomic E-state index is -0.000595. The number of halogens is 1. The van der Waals surface area contributed by atoms with Crippen LogP contribution in [0.15, 0.2) is 24.3 Å². The molecule has 0 amide bonds. The van der Waals surface area contributed by atoms with Crippen LogP contribution >= 0.6 is 11.6 Å². The van der Waals surface area contributed by atoms with Gasteiger partial charge in [0.2, 0.25) is 0 Å². The van der Waals surface area contributed by atoms with Crippen molar-refractivity contribution in [3.8, 4) is 0 Å². The maximum atomic E-state index is 6.29. The van der Waals surface area contributed by atoms with Crippen molar-refractivity contribution < 1.29 is 4.74 Å². The SMILES string of the molecule is CCC1COC(C)CN1CCC(N)c1ccccc1Cl. The molecule has 1 aliphatic rings. The highest BCUT2D eigenvalue weighted by atomic mass is 35.5. The Kier molecular flexibility index (Phi) is 5.85. The van der Waals surface area contributed by atoms with E-state index in [-0.39, 0.29) is 6.04 Å². The van der Waals surface area contributed by atoms with Crippen LogP contribution in [-0.4, -0.2) is 36.7 Å². The van der Waals surface area contributed by atoms with Crippen LogP contribution in [0.5, 0.6) is 0 Å². The van der Waals surface area contributed by atoms with E-state index in [0.717, 1.165) is 43.1 Å². The molecule has 1 aliphatic heterocycles. The van der Waals surface area contributed by atoms with E-state index in [1.165, 1.54) is 0 Å². The van der Waals surface area contributed by atoms with Crippen molar-refractivity contribution in [1.29, 1.82) is 0 Å². The van der Waals surface area contributed by atoms with E-state index in [2.05, 4.69) is 18.7 Å². The van der Waals surface area contributed by atoms with Gasteiger partial charge in [-0.2, -0.15) is 0 Å². The zero-order valence-corrected chi connectivity index (χ0v) is 13.1. The maximum absolute atomic E-state index is 6.29. The first-order chi connectivity index (χ1) is 9.61. The van der Waals surface area contributed by atoms with Gasteiger partial charge in [0.25, 0.3) is 0 Å². The fourth-order valence-corrected chi connectivity index (χ4v) is 3.07. The zero-order valence-electron chi connectivity index (χ0n) is 12.4. The number of benzene rings is 1. The molecule has 2 N–H and O–H groups in total. The lowest BCUT2D eigenvalue weighted by Crippen LogP contribution is -2.49. The Morgan fingerprint density at radius 2 is 2.20 bits per heavy atom. The number of nitrogens with zero attached hydrogens (tertiary/aromatic N) is 1. The molecule has 2 rings (SSSR count). The van der Waals surface area contributed by atoms with E-state index in [0.29, 0.717) is 12.1 Å². The van der Waals surface area contributed by atoms with Crippen LogP contribution in [0.25, 0.3) is 0 Å². The number of hydrogen-bond acceptors (Lipinski definition) is 3. The number of hydrogen-bond donors (Lipinski definition) is 1. The summed E-state index contributed by atoms with van der Waals surface area (Å²) in [7, 11) is 0. The molecule has 112 valence electrons. The molecule has 0 bridgehead atoms. The van der Waals surface area contributed by atoms with Crippen LogP contribution < -0.4 is 5.73 Å². The van der Waals surface area contributed by atoms with Crippen LogP contribution in [0.4, 0.5) is 0 Å². The second-order valence-electron chi connectivity index (χ2n) is 5.62. The Balaban J connectivity index is 1.92. The lowest BCUT2D eigenvalue weighted by atomic mass is 10.0. The van der Waals surface area contributed by atoms with Crippen LogP contribution in [0.2, 0.25) is 5.02 Å².